The van der Waals surface area contributed by atoms with Crippen molar-refractivity contribution in [3.8, 4) is 0 Å². The lowest BCUT2D eigenvalue weighted by Gasteiger charge is -2.27. The van der Waals surface area contributed by atoms with Crippen LogP contribution in [0.5, 0.6) is 0 Å². The van der Waals surface area contributed by atoms with E-state index >= 15 is 0 Å². The Kier molecular flexibility index (Phi) is 3.52. The monoisotopic (exact) mass is 238 g/mol. The minimum atomic E-state index is -0.300. The van der Waals surface area contributed by atoms with Gasteiger partial charge in [-0.1, -0.05) is 12.8 Å². The summed E-state index contributed by atoms with van der Waals surface area (Å²) in [7, 11) is 0. The van der Waals surface area contributed by atoms with Crippen LogP contribution in [0.1, 0.15) is 25.7 Å². The molecule has 17 heavy (non-hydrogen) atoms. The topological polar surface area (TPSA) is 58.3 Å². The zero-order valence-electron chi connectivity index (χ0n) is 9.88. The summed E-state index contributed by atoms with van der Waals surface area (Å²) in [6, 6.07) is 4.30. The first-order valence-electron chi connectivity index (χ1n) is 6.05. The molecule has 0 atom stereocenters. The highest BCUT2D eigenvalue weighted by Gasteiger charge is 2.32. The fourth-order valence-electron chi connectivity index (χ4n) is 2.48. The minimum Gasteiger partial charge on any atom is -0.397 e. The van der Waals surface area contributed by atoms with E-state index in [1.54, 1.807) is 6.07 Å². The number of nitrogens with one attached hydrogen (secondary N) is 1. The number of halogens is 1. The highest BCUT2D eigenvalue weighted by Crippen LogP contribution is 2.38. The molecule has 3 nitrogen and oxygen atoms in total. The molecule has 0 unspecified atom stereocenters. The molecule has 0 heterocycles. The lowest BCUT2D eigenvalue weighted by Crippen LogP contribution is -2.30. The van der Waals surface area contributed by atoms with Crippen molar-refractivity contribution in [1.29, 1.82) is 0 Å². The summed E-state index contributed by atoms with van der Waals surface area (Å²) in [4.78, 5) is 0. The van der Waals surface area contributed by atoms with Gasteiger partial charge in [0.05, 0.1) is 18.0 Å². The average Bonchev–Trinajstić information content (AvgIpc) is 2.80. The third-order valence-electron chi connectivity index (χ3n) is 3.67. The number of hydrogen-bond donors (Lipinski definition) is 3. The molecule has 4 N–H and O–H groups in total. The van der Waals surface area contributed by atoms with E-state index in [1.807, 2.05) is 0 Å². The number of nitrogens with two attached hydrogens (primary N) is 1. The quantitative estimate of drug-likeness (QED) is 0.706. The van der Waals surface area contributed by atoms with Gasteiger partial charge >= 0.3 is 0 Å². The van der Waals surface area contributed by atoms with Gasteiger partial charge in [0.1, 0.15) is 5.82 Å². The van der Waals surface area contributed by atoms with Gasteiger partial charge < -0.3 is 16.2 Å². The van der Waals surface area contributed by atoms with Crippen molar-refractivity contribution in [1.82, 2.24) is 0 Å². The lowest BCUT2D eigenvalue weighted by molar-refractivity contribution is 0.142. The molecule has 1 aliphatic rings. The van der Waals surface area contributed by atoms with Gasteiger partial charge in [0.15, 0.2) is 0 Å². The Morgan fingerprint density at radius 3 is 2.71 bits per heavy atom. The molecule has 0 amide bonds. The molecule has 0 radical (unpaired) electrons. The van der Waals surface area contributed by atoms with Gasteiger partial charge in [0, 0.05) is 12.0 Å². The van der Waals surface area contributed by atoms with E-state index in [4.69, 9.17) is 5.73 Å². The highest BCUT2D eigenvalue weighted by atomic mass is 19.1. The molecule has 0 aliphatic heterocycles. The first-order chi connectivity index (χ1) is 8.15. The third-order valence-corrected chi connectivity index (χ3v) is 3.67. The Balaban J connectivity index is 2.03. The number of rotatable bonds is 4. The Morgan fingerprint density at radius 2 is 2.06 bits per heavy atom. The molecule has 1 aliphatic carbocycles. The van der Waals surface area contributed by atoms with Gasteiger partial charge in [-0.25, -0.2) is 4.39 Å². The van der Waals surface area contributed by atoms with E-state index in [2.05, 4.69) is 5.32 Å². The summed E-state index contributed by atoms with van der Waals surface area (Å²) in [6.45, 7) is 0.826. The number of anilines is 2. The van der Waals surface area contributed by atoms with Crippen molar-refractivity contribution in [3.05, 3.63) is 24.0 Å². The largest absolute Gasteiger partial charge is 0.397 e. The Bertz CT molecular complexity index is 389. The van der Waals surface area contributed by atoms with Crippen LogP contribution in [0.4, 0.5) is 15.8 Å². The number of benzene rings is 1. The first-order valence-corrected chi connectivity index (χ1v) is 6.05. The molecular formula is C13H19FN2O. The van der Waals surface area contributed by atoms with Gasteiger partial charge in [-0.3, -0.25) is 0 Å². The summed E-state index contributed by atoms with van der Waals surface area (Å²) < 4.78 is 13.1. The number of aliphatic hydroxyl groups excluding tert-OH is 1. The fourth-order valence-corrected chi connectivity index (χ4v) is 2.48. The van der Waals surface area contributed by atoms with Crippen molar-refractivity contribution >= 4 is 11.4 Å². The molecule has 1 aromatic carbocycles. The van der Waals surface area contributed by atoms with Crippen LogP contribution in [0, 0.1) is 11.2 Å². The van der Waals surface area contributed by atoms with Crippen LogP contribution in [-0.4, -0.2) is 18.3 Å². The summed E-state index contributed by atoms with van der Waals surface area (Å²) in [6.07, 6.45) is 4.35. The van der Waals surface area contributed by atoms with Crippen LogP contribution in [0.15, 0.2) is 18.2 Å². The second-order valence-corrected chi connectivity index (χ2v) is 4.95. The predicted octanol–water partition coefficient (Wildman–Crippen LogP) is 2.37. The van der Waals surface area contributed by atoms with Crippen LogP contribution >= 0.6 is 0 Å². The van der Waals surface area contributed by atoms with Crippen LogP contribution in [0.3, 0.4) is 0 Å². The van der Waals surface area contributed by atoms with Crippen molar-refractivity contribution in [2.45, 2.75) is 25.7 Å². The van der Waals surface area contributed by atoms with E-state index in [0.717, 1.165) is 25.7 Å². The first kappa shape index (κ1) is 12.2. The lowest BCUT2D eigenvalue weighted by atomic mass is 9.87. The van der Waals surface area contributed by atoms with Gasteiger partial charge in [-0.2, -0.15) is 0 Å². The van der Waals surface area contributed by atoms with Crippen molar-refractivity contribution < 1.29 is 9.50 Å². The van der Waals surface area contributed by atoms with E-state index in [0.29, 0.717) is 17.9 Å². The van der Waals surface area contributed by atoms with Gasteiger partial charge in [-0.15, -0.1) is 0 Å². The minimum absolute atomic E-state index is 0.0568. The summed E-state index contributed by atoms with van der Waals surface area (Å²) in [5.41, 5.74) is 6.87. The molecule has 2 rings (SSSR count). The van der Waals surface area contributed by atoms with Crippen LogP contribution < -0.4 is 11.1 Å². The molecule has 0 saturated heterocycles. The van der Waals surface area contributed by atoms with Gasteiger partial charge in [0.25, 0.3) is 0 Å². The van der Waals surface area contributed by atoms with Gasteiger partial charge in [0.2, 0.25) is 0 Å². The second kappa shape index (κ2) is 4.92. The average molecular weight is 238 g/mol. The van der Waals surface area contributed by atoms with Gasteiger partial charge in [-0.05, 0) is 31.0 Å². The Labute approximate surface area is 101 Å². The maximum absolute atomic E-state index is 13.1. The Morgan fingerprint density at radius 1 is 1.35 bits per heavy atom. The zero-order valence-corrected chi connectivity index (χ0v) is 9.88. The summed E-state index contributed by atoms with van der Waals surface area (Å²) in [5.74, 6) is -0.300. The van der Waals surface area contributed by atoms with E-state index < -0.39 is 0 Å². The Hall–Kier alpha value is -1.29. The number of aliphatic hydroxyl groups is 1. The number of nitrogen functional groups attached to an aromatic ring is 1. The normalized spacial score (nSPS) is 18.2. The van der Waals surface area contributed by atoms with Crippen LogP contribution in [0.25, 0.3) is 0 Å². The predicted molar refractivity (Wildman–Crippen MR) is 67.3 cm³/mol. The molecule has 0 spiro atoms. The number of hydrogen-bond acceptors (Lipinski definition) is 3. The van der Waals surface area contributed by atoms with Crippen molar-refractivity contribution in [3.63, 3.8) is 0 Å². The molecule has 1 saturated carbocycles. The smallest absolute Gasteiger partial charge is 0.125 e. The maximum Gasteiger partial charge on any atom is 0.125 e. The van der Waals surface area contributed by atoms with Crippen molar-refractivity contribution in [2.75, 3.05) is 24.2 Å². The van der Waals surface area contributed by atoms with E-state index in [-0.39, 0.29) is 17.8 Å². The maximum atomic E-state index is 13.1. The SMILES string of the molecule is Nc1ccc(F)cc1NCC1(CO)CCCC1. The molecule has 0 bridgehead atoms. The molecular weight excluding hydrogens is 219 g/mol. The van der Waals surface area contributed by atoms with Crippen molar-refractivity contribution in [2.24, 2.45) is 5.41 Å². The molecule has 0 aromatic heterocycles. The third kappa shape index (κ3) is 2.69. The second-order valence-electron chi connectivity index (χ2n) is 4.95. The fraction of sp³-hybridized carbons (Fsp3) is 0.538. The zero-order chi connectivity index (χ0) is 12.3. The van der Waals surface area contributed by atoms with E-state index in [9.17, 15) is 9.50 Å². The van der Waals surface area contributed by atoms with E-state index in [1.165, 1.54) is 12.1 Å². The van der Waals surface area contributed by atoms with Crippen LogP contribution in [0.2, 0.25) is 0 Å². The summed E-state index contributed by atoms with van der Waals surface area (Å²) in [5, 5.41) is 12.6. The van der Waals surface area contributed by atoms with Crippen LogP contribution in [-0.2, 0) is 0 Å². The molecule has 94 valence electrons. The highest BCUT2D eigenvalue weighted by molar-refractivity contribution is 5.65. The standard InChI is InChI=1S/C13H19FN2O/c14-10-3-4-11(15)12(7-10)16-8-13(9-17)5-1-2-6-13/h3-4,7,16-17H,1-2,5-6,8-9,15H2. The molecule has 4 heteroatoms. The molecule has 1 aromatic rings. The molecule has 1 fully saturated rings. The summed E-state index contributed by atoms with van der Waals surface area (Å²) >= 11 is 0.